The molecule has 0 amide bonds. The van der Waals surface area contributed by atoms with Crippen molar-refractivity contribution >= 4 is 0 Å². The highest BCUT2D eigenvalue weighted by Gasteiger charge is 2.18. The highest BCUT2D eigenvalue weighted by molar-refractivity contribution is 5.28. The smallest absolute Gasteiger partial charge is 0.110 e. The van der Waals surface area contributed by atoms with Gasteiger partial charge in [0.05, 0.1) is 11.9 Å². The monoisotopic (exact) mass is 220 g/mol. The van der Waals surface area contributed by atoms with Gasteiger partial charge in [0, 0.05) is 37.6 Å². The average Bonchev–Trinajstić information content (AvgIpc) is 2.83. The number of aliphatic hydroxyl groups is 1. The van der Waals surface area contributed by atoms with Gasteiger partial charge in [-0.25, -0.2) is 0 Å². The summed E-state index contributed by atoms with van der Waals surface area (Å²) in [5, 5.41) is 18.6. The second-order valence-corrected chi connectivity index (χ2v) is 3.91. The van der Waals surface area contributed by atoms with Crippen molar-refractivity contribution in [2.24, 2.45) is 14.1 Å². The van der Waals surface area contributed by atoms with Gasteiger partial charge < -0.3 is 5.11 Å². The molecule has 0 bridgehead atoms. The van der Waals surface area contributed by atoms with Crippen LogP contribution in [0.5, 0.6) is 0 Å². The Hall–Kier alpha value is -1.62. The maximum Gasteiger partial charge on any atom is 0.110 e. The lowest BCUT2D eigenvalue weighted by molar-refractivity contribution is 0.219. The van der Waals surface area contributed by atoms with Gasteiger partial charge in [0.2, 0.25) is 0 Å². The SMILES string of the molecule is CCc1nn(C)cc1C(O)c1cnn(C)c1. The Morgan fingerprint density at radius 2 is 2.06 bits per heavy atom. The molecule has 0 fully saturated rings. The fourth-order valence-electron chi connectivity index (χ4n) is 1.82. The maximum atomic E-state index is 10.2. The van der Waals surface area contributed by atoms with E-state index >= 15 is 0 Å². The van der Waals surface area contributed by atoms with E-state index in [-0.39, 0.29) is 0 Å². The Morgan fingerprint density at radius 3 is 2.62 bits per heavy atom. The Kier molecular flexibility index (Phi) is 2.78. The predicted octanol–water partition coefficient (Wildman–Crippen LogP) is 0.798. The van der Waals surface area contributed by atoms with Gasteiger partial charge in [-0.3, -0.25) is 9.36 Å². The van der Waals surface area contributed by atoms with Crippen molar-refractivity contribution in [3.63, 3.8) is 0 Å². The number of aromatic nitrogens is 4. The van der Waals surface area contributed by atoms with Crippen molar-refractivity contribution in [3.05, 3.63) is 35.4 Å². The second-order valence-electron chi connectivity index (χ2n) is 3.91. The van der Waals surface area contributed by atoms with Gasteiger partial charge in [0.15, 0.2) is 0 Å². The summed E-state index contributed by atoms with van der Waals surface area (Å²) < 4.78 is 3.41. The first kappa shape index (κ1) is 10.9. The van der Waals surface area contributed by atoms with Crippen LogP contribution in [0, 0.1) is 0 Å². The largest absolute Gasteiger partial charge is 0.383 e. The lowest BCUT2D eigenvalue weighted by atomic mass is 10.0. The quantitative estimate of drug-likeness (QED) is 0.832. The first-order valence-corrected chi connectivity index (χ1v) is 5.30. The molecule has 0 aromatic carbocycles. The zero-order valence-corrected chi connectivity index (χ0v) is 9.75. The molecule has 0 spiro atoms. The molecule has 0 saturated carbocycles. The minimum absolute atomic E-state index is 0.641. The fourth-order valence-corrected chi connectivity index (χ4v) is 1.82. The van der Waals surface area contributed by atoms with Crippen LogP contribution in [0.2, 0.25) is 0 Å². The van der Waals surface area contributed by atoms with Crippen molar-refractivity contribution < 1.29 is 5.11 Å². The summed E-state index contributed by atoms with van der Waals surface area (Å²) in [6.07, 6.45) is 5.52. The Balaban J connectivity index is 2.36. The number of hydrogen-bond acceptors (Lipinski definition) is 3. The van der Waals surface area contributed by atoms with Crippen LogP contribution in [-0.2, 0) is 20.5 Å². The first-order valence-electron chi connectivity index (χ1n) is 5.30. The molecule has 2 aromatic heterocycles. The van der Waals surface area contributed by atoms with Crippen LogP contribution in [0.1, 0.15) is 29.8 Å². The molecule has 86 valence electrons. The standard InChI is InChI=1S/C11H16N4O/c1-4-10-9(7-15(3)13-10)11(16)8-5-12-14(2)6-8/h5-7,11,16H,4H2,1-3H3. The average molecular weight is 220 g/mol. The van der Waals surface area contributed by atoms with Crippen molar-refractivity contribution in [1.82, 2.24) is 19.6 Å². The highest BCUT2D eigenvalue weighted by atomic mass is 16.3. The van der Waals surface area contributed by atoms with E-state index in [9.17, 15) is 5.11 Å². The van der Waals surface area contributed by atoms with Crippen molar-refractivity contribution in [3.8, 4) is 0 Å². The molecule has 1 N–H and O–H groups in total. The molecule has 0 radical (unpaired) electrons. The van der Waals surface area contributed by atoms with Crippen LogP contribution >= 0.6 is 0 Å². The van der Waals surface area contributed by atoms with E-state index < -0.39 is 6.10 Å². The number of nitrogens with zero attached hydrogens (tertiary/aromatic N) is 4. The Labute approximate surface area is 94.3 Å². The summed E-state index contributed by atoms with van der Waals surface area (Å²) in [5.74, 6) is 0. The fraction of sp³-hybridized carbons (Fsp3) is 0.455. The Morgan fingerprint density at radius 1 is 1.31 bits per heavy atom. The van der Waals surface area contributed by atoms with E-state index in [2.05, 4.69) is 10.2 Å². The molecule has 1 unspecified atom stereocenters. The van der Waals surface area contributed by atoms with E-state index in [1.165, 1.54) is 0 Å². The van der Waals surface area contributed by atoms with Crippen molar-refractivity contribution in [1.29, 1.82) is 0 Å². The van der Waals surface area contributed by atoms with Crippen LogP contribution in [-0.4, -0.2) is 24.7 Å². The summed E-state index contributed by atoms with van der Waals surface area (Å²) in [5.41, 5.74) is 2.59. The van der Waals surface area contributed by atoms with Crippen LogP contribution in [0.4, 0.5) is 0 Å². The topological polar surface area (TPSA) is 55.9 Å². The number of rotatable bonds is 3. The van der Waals surface area contributed by atoms with Crippen LogP contribution < -0.4 is 0 Å². The molecule has 0 aliphatic heterocycles. The van der Waals surface area contributed by atoms with Gasteiger partial charge in [-0.05, 0) is 6.42 Å². The zero-order chi connectivity index (χ0) is 11.7. The minimum Gasteiger partial charge on any atom is -0.383 e. The van der Waals surface area contributed by atoms with Crippen LogP contribution in [0.3, 0.4) is 0 Å². The normalized spacial score (nSPS) is 13.0. The zero-order valence-electron chi connectivity index (χ0n) is 9.75. The first-order chi connectivity index (χ1) is 7.61. The summed E-state index contributed by atoms with van der Waals surface area (Å²) in [6.45, 7) is 2.03. The third-order valence-corrected chi connectivity index (χ3v) is 2.61. The van der Waals surface area contributed by atoms with Gasteiger partial charge in [0.25, 0.3) is 0 Å². The lowest BCUT2D eigenvalue weighted by Gasteiger charge is -2.07. The van der Waals surface area contributed by atoms with Crippen molar-refractivity contribution in [2.75, 3.05) is 0 Å². The van der Waals surface area contributed by atoms with E-state index in [0.717, 1.165) is 23.2 Å². The number of hydrogen-bond donors (Lipinski definition) is 1. The number of aliphatic hydroxyl groups excluding tert-OH is 1. The third kappa shape index (κ3) is 1.86. The van der Waals surface area contributed by atoms with Crippen molar-refractivity contribution in [2.45, 2.75) is 19.4 Å². The Bertz CT molecular complexity index is 486. The lowest BCUT2D eigenvalue weighted by Crippen LogP contribution is -2.00. The summed E-state index contributed by atoms with van der Waals surface area (Å²) in [6, 6.07) is 0. The highest BCUT2D eigenvalue weighted by Crippen LogP contribution is 2.23. The summed E-state index contributed by atoms with van der Waals surface area (Å²) in [4.78, 5) is 0. The number of aryl methyl sites for hydroxylation is 3. The van der Waals surface area contributed by atoms with E-state index in [1.807, 2.05) is 33.4 Å². The predicted molar refractivity (Wildman–Crippen MR) is 59.9 cm³/mol. The van der Waals surface area contributed by atoms with Gasteiger partial charge >= 0.3 is 0 Å². The molecule has 2 heterocycles. The molecule has 5 heteroatoms. The third-order valence-electron chi connectivity index (χ3n) is 2.61. The molecule has 0 aliphatic carbocycles. The summed E-state index contributed by atoms with van der Waals surface area (Å²) in [7, 11) is 3.69. The molecule has 0 saturated heterocycles. The second kappa shape index (κ2) is 4.09. The van der Waals surface area contributed by atoms with Gasteiger partial charge in [-0.15, -0.1) is 0 Å². The van der Waals surface area contributed by atoms with E-state index in [4.69, 9.17) is 0 Å². The molecule has 0 aliphatic rings. The molecule has 2 rings (SSSR count). The van der Waals surface area contributed by atoms with Gasteiger partial charge in [-0.1, -0.05) is 6.92 Å². The summed E-state index contributed by atoms with van der Waals surface area (Å²) >= 11 is 0. The molecule has 2 aromatic rings. The van der Waals surface area contributed by atoms with E-state index in [0.29, 0.717) is 0 Å². The van der Waals surface area contributed by atoms with Crippen LogP contribution in [0.25, 0.3) is 0 Å². The van der Waals surface area contributed by atoms with Gasteiger partial charge in [-0.2, -0.15) is 10.2 Å². The minimum atomic E-state index is -0.641. The molecule has 1 atom stereocenters. The molecular formula is C11H16N4O. The van der Waals surface area contributed by atoms with Crippen LogP contribution in [0.15, 0.2) is 18.6 Å². The molecule has 5 nitrogen and oxygen atoms in total. The molecular weight excluding hydrogens is 204 g/mol. The maximum absolute atomic E-state index is 10.2. The van der Waals surface area contributed by atoms with Gasteiger partial charge in [0.1, 0.15) is 6.10 Å². The van der Waals surface area contributed by atoms with E-state index in [1.54, 1.807) is 15.6 Å². The molecule has 16 heavy (non-hydrogen) atoms.